The number of benzene rings is 1. The zero-order chi connectivity index (χ0) is 11.4. The lowest BCUT2D eigenvalue weighted by Crippen LogP contribution is -2.43. The van der Waals surface area contributed by atoms with Crippen LogP contribution in [0.2, 0.25) is 0 Å². The first-order valence-electron chi connectivity index (χ1n) is 6.00. The highest BCUT2D eigenvalue weighted by Gasteiger charge is 2.11. The number of nitrogens with one attached hydrogen (secondary N) is 2. The van der Waals surface area contributed by atoms with Gasteiger partial charge in [-0.15, -0.1) is 0 Å². The fourth-order valence-corrected chi connectivity index (χ4v) is 2.24. The highest BCUT2D eigenvalue weighted by molar-refractivity contribution is 5.53. The zero-order valence-electron chi connectivity index (χ0n) is 10.2. The van der Waals surface area contributed by atoms with Crippen molar-refractivity contribution in [3.8, 4) is 0 Å². The molecular formula is C13H21N3. The van der Waals surface area contributed by atoms with E-state index in [9.17, 15) is 0 Å². The van der Waals surface area contributed by atoms with E-state index < -0.39 is 0 Å². The second-order valence-corrected chi connectivity index (χ2v) is 4.37. The van der Waals surface area contributed by atoms with E-state index in [-0.39, 0.29) is 0 Å². The largest absolute Gasteiger partial charge is 0.388 e. The molecule has 0 saturated carbocycles. The average molecular weight is 219 g/mol. The van der Waals surface area contributed by atoms with E-state index in [4.69, 9.17) is 0 Å². The molecule has 2 rings (SSSR count). The number of piperazine rings is 1. The van der Waals surface area contributed by atoms with Crippen molar-refractivity contribution in [2.24, 2.45) is 0 Å². The molecule has 1 heterocycles. The third kappa shape index (κ3) is 2.54. The maximum atomic E-state index is 3.38. The van der Waals surface area contributed by atoms with Crippen LogP contribution in [0.15, 0.2) is 18.2 Å². The van der Waals surface area contributed by atoms with E-state index in [1.807, 2.05) is 7.05 Å². The molecule has 0 bridgehead atoms. The van der Waals surface area contributed by atoms with Gasteiger partial charge in [0, 0.05) is 45.5 Å². The minimum Gasteiger partial charge on any atom is -0.388 e. The molecule has 1 aliphatic heterocycles. The molecule has 3 heteroatoms. The van der Waals surface area contributed by atoms with Crippen LogP contribution in [0, 0.1) is 6.92 Å². The fraction of sp³-hybridized carbons (Fsp3) is 0.538. The number of hydrogen-bond acceptors (Lipinski definition) is 3. The Morgan fingerprint density at radius 1 is 1.31 bits per heavy atom. The molecule has 2 N–H and O–H groups in total. The topological polar surface area (TPSA) is 27.3 Å². The summed E-state index contributed by atoms with van der Waals surface area (Å²) in [5.74, 6) is 0. The summed E-state index contributed by atoms with van der Waals surface area (Å²) in [6.07, 6.45) is 0. The van der Waals surface area contributed by atoms with Crippen molar-refractivity contribution >= 4 is 5.69 Å². The summed E-state index contributed by atoms with van der Waals surface area (Å²) in [4.78, 5) is 2.51. The second-order valence-electron chi connectivity index (χ2n) is 4.37. The van der Waals surface area contributed by atoms with Crippen molar-refractivity contribution in [3.05, 3.63) is 29.3 Å². The fourth-order valence-electron chi connectivity index (χ4n) is 2.24. The van der Waals surface area contributed by atoms with Gasteiger partial charge < -0.3 is 10.6 Å². The van der Waals surface area contributed by atoms with Crippen LogP contribution in [0.3, 0.4) is 0 Å². The Hall–Kier alpha value is -1.06. The SMILES string of the molecule is CNc1cccc(CN2CCNCC2)c1C. The smallest absolute Gasteiger partial charge is 0.0370 e. The highest BCUT2D eigenvalue weighted by atomic mass is 15.2. The Morgan fingerprint density at radius 3 is 2.75 bits per heavy atom. The van der Waals surface area contributed by atoms with Crippen LogP contribution >= 0.6 is 0 Å². The van der Waals surface area contributed by atoms with Gasteiger partial charge in [-0.05, 0) is 24.1 Å². The van der Waals surface area contributed by atoms with Gasteiger partial charge in [-0.3, -0.25) is 4.90 Å². The van der Waals surface area contributed by atoms with Gasteiger partial charge in [-0.1, -0.05) is 12.1 Å². The van der Waals surface area contributed by atoms with Gasteiger partial charge >= 0.3 is 0 Å². The van der Waals surface area contributed by atoms with Gasteiger partial charge in [-0.25, -0.2) is 0 Å². The van der Waals surface area contributed by atoms with Crippen LogP contribution in [-0.2, 0) is 6.54 Å². The monoisotopic (exact) mass is 219 g/mol. The summed E-state index contributed by atoms with van der Waals surface area (Å²) in [5.41, 5.74) is 4.06. The van der Waals surface area contributed by atoms with Gasteiger partial charge in [-0.2, -0.15) is 0 Å². The first-order chi connectivity index (χ1) is 7.81. The van der Waals surface area contributed by atoms with Crippen molar-refractivity contribution in [3.63, 3.8) is 0 Å². The number of nitrogens with zero attached hydrogens (tertiary/aromatic N) is 1. The van der Waals surface area contributed by atoms with E-state index in [2.05, 4.69) is 40.7 Å². The van der Waals surface area contributed by atoms with Crippen molar-refractivity contribution in [1.82, 2.24) is 10.2 Å². The molecule has 0 amide bonds. The molecule has 1 aromatic carbocycles. The van der Waals surface area contributed by atoms with E-state index in [1.165, 1.54) is 16.8 Å². The van der Waals surface area contributed by atoms with Crippen molar-refractivity contribution in [2.75, 3.05) is 38.5 Å². The van der Waals surface area contributed by atoms with E-state index in [0.717, 1.165) is 32.7 Å². The van der Waals surface area contributed by atoms with Gasteiger partial charge in [0.25, 0.3) is 0 Å². The minimum atomic E-state index is 1.07. The summed E-state index contributed by atoms with van der Waals surface area (Å²) < 4.78 is 0. The molecule has 88 valence electrons. The first-order valence-corrected chi connectivity index (χ1v) is 6.00. The summed E-state index contributed by atoms with van der Waals surface area (Å²) in [6, 6.07) is 6.51. The van der Waals surface area contributed by atoms with Crippen LogP contribution in [-0.4, -0.2) is 38.1 Å². The third-order valence-corrected chi connectivity index (χ3v) is 3.32. The lowest BCUT2D eigenvalue weighted by Gasteiger charge is -2.28. The molecule has 0 radical (unpaired) electrons. The molecule has 0 spiro atoms. The Bertz CT molecular complexity index is 343. The molecule has 1 aliphatic rings. The molecule has 0 atom stereocenters. The lowest BCUT2D eigenvalue weighted by atomic mass is 10.1. The van der Waals surface area contributed by atoms with Gasteiger partial charge in [0.2, 0.25) is 0 Å². The molecule has 1 fully saturated rings. The third-order valence-electron chi connectivity index (χ3n) is 3.32. The molecular weight excluding hydrogens is 198 g/mol. The summed E-state index contributed by atoms with van der Waals surface area (Å²) in [7, 11) is 1.98. The van der Waals surface area contributed by atoms with Gasteiger partial charge in [0.15, 0.2) is 0 Å². The van der Waals surface area contributed by atoms with E-state index in [1.54, 1.807) is 0 Å². The second kappa shape index (κ2) is 5.32. The normalized spacial score (nSPS) is 17.4. The van der Waals surface area contributed by atoms with Crippen LogP contribution < -0.4 is 10.6 Å². The Labute approximate surface area is 97.8 Å². The zero-order valence-corrected chi connectivity index (χ0v) is 10.2. The Morgan fingerprint density at radius 2 is 2.06 bits per heavy atom. The van der Waals surface area contributed by atoms with Crippen LogP contribution in [0.1, 0.15) is 11.1 Å². The predicted molar refractivity (Wildman–Crippen MR) is 68.9 cm³/mol. The number of anilines is 1. The summed E-state index contributed by atoms with van der Waals surface area (Å²) in [6.45, 7) is 7.81. The standard InChI is InChI=1S/C13H21N3/c1-11-12(4-3-5-13(11)14-2)10-16-8-6-15-7-9-16/h3-5,14-15H,6-10H2,1-2H3. The Kier molecular flexibility index (Phi) is 3.80. The van der Waals surface area contributed by atoms with Crippen molar-refractivity contribution < 1.29 is 0 Å². The highest BCUT2D eigenvalue weighted by Crippen LogP contribution is 2.19. The molecule has 16 heavy (non-hydrogen) atoms. The first kappa shape index (κ1) is 11.4. The summed E-state index contributed by atoms with van der Waals surface area (Å²) >= 11 is 0. The van der Waals surface area contributed by atoms with Gasteiger partial charge in [0.1, 0.15) is 0 Å². The van der Waals surface area contributed by atoms with Gasteiger partial charge in [0.05, 0.1) is 0 Å². The van der Waals surface area contributed by atoms with E-state index >= 15 is 0 Å². The Balaban J connectivity index is 2.08. The van der Waals surface area contributed by atoms with Crippen molar-refractivity contribution in [2.45, 2.75) is 13.5 Å². The molecule has 0 unspecified atom stereocenters. The number of hydrogen-bond donors (Lipinski definition) is 2. The molecule has 3 nitrogen and oxygen atoms in total. The minimum absolute atomic E-state index is 1.07. The van der Waals surface area contributed by atoms with Crippen LogP contribution in [0.5, 0.6) is 0 Å². The van der Waals surface area contributed by atoms with E-state index in [0.29, 0.717) is 0 Å². The maximum Gasteiger partial charge on any atom is 0.0370 e. The van der Waals surface area contributed by atoms with Crippen molar-refractivity contribution in [1.29, 1.82) is 0 Å². The maximum absolute atomic E-state index is 3.38. The molecule has 1 aromatic rings. The summed E-state index contributed by atoms with van der Waals surface area (Å²) in [5, 5.41) is 6.63. The predicted octanol–water partition coefficient (Wildman–Crippen LogP) is 1.44. The number of rotatable bonds is 3. The van der Waals surface area contributed by atoms with Crippen LogP contribution in [0.4, 0.5) is 5.69 Å². The lowest BCUT2D eigenvalue weighted by molar-refractivity contribution is 0.233. The molecule has 1 saturated heterocycles. The molecule has 0 aromatic heterocycles. The quantitative estimate of drug-likeness (QED) is 0.805. The average Bonchev–Trinajstić information content (AvgIpc) is 2.33. The van der Waals surface area contributed by atoms with Crippen LogP contribution in [0.25, 0.3) is 0 Å². The molecule has 0 aliphatic carbocycles.